The number of rotatable bonds is 4. The van der Waals surface area contributed by atoms with Gasteiger partial charge in [-0.2, -0.15) is 0 Å². The normalized spacial score (nSPS) is 17.9. The second-order valence-electron chi connectivity index (χ2n) is 7.81. The van der Waals surface area contributed by atoms with Crippen molar-refractivity contribution in [1.29, 1.82) is 0 Å². The molecule has 2 aliphatic rings. The van der Waals surface area contributed by atoms with Gasteiger partial charge in [0, 0.05) is 13.0 Å². The largest absolute Gasteiger partial charge is 0.448 e. The van der Waals surface area contributed by atoms with Gasteiger partial charge >= 0.3 is 6.09 Å². The number of amides is 1. The number of hydrogen-bond donors (Lipinski definition) is 1. The first-order chi connectivity index (χ1) is 13.2. The van der Waals surface area contributed by atoms with Gasteiger partial charge in [-0.15, -0.1) is 0 Å². The summed E-state index contributed by atoms with van der Waals surface area (Å²) in [5, 5.41) is 9.95. The van der Waals surface area contributed by atoms with Crippen LogP contribution in [-0.2, 0) is 4.74 Å². The van der Waals surface area contributed by atoms with E-state index in [2.05, 4.69) is 24.3 Å². The van der Waals surface area contributed by atoms with Crippen molar-refractivity contribution in [3.05, 3.63) is 59.7 Å². The third-order valence-electron chi connectivity index (χ3n) is 6.40. The van der Waals surface area contributed by atoms with E-state index in [-0.39, 0.29) is 18.6 Å². The second-order valence-corrected chi connectivity index (χ2v) is 7.81. The van der Waals surface area contributed by atoms with Crippen molar-refractivity contribution >= 4 is 6.09 Å². The maximum atomic E-state index is 12.8. The van der Waals surface area contributed by atoms with E-state index >= 15 is 0 Å². The molecule has 1 N–H and O–H groups in total. The molecule has 0 spiro atoms. The van der Waals surface area contributed by atoms with Gasteiger partial charge in [0.1, 0.15) is 6.61 Å². The van der Waals surface area contributed by atoms with E-state index < -0.39 is 5.54 Å². The van der Waals surface area contributed by atoms with Crippen molar-refractivity contribution in [1.82, 2.24) is 4.90 Å². The number of nitrogens with zero attached hydrogens (tertiary/aromatic N) is 1. The highest BCUT2D eigenvalue weighted by Crippen LogP contribution is 2.44. The molecule has 0 unspecified atom stereocenters. The van der Waals surface area contributed by atoms with Crippen molar-refractivity contribution in [2.75, 3.05) is 20.3 Å². The maximum Gasteiger partial charge on any atom is 0.410 e. The Morgan fingerprint density at radius 1 is 1.04 bits per heavy atom. The highest BCUT2D eigenvalue weighted by atomic mass is 16.6. The van der Waals surface area contributed by atoms with Crippen LogP contribution in [0.25, 0.3) is 11.1 Å². The van der Waals surface area contributed by atoms with E-state index in [1.165, 1.54) is 28.7 Å². The minimum Gasteiger partial charge on any atom is -0.448 e. The standard InChI is InChI=1S/C23H27NO3/c1-24(23(16-25)13-7-2-8-14-23)22(26)27-15-21-19-11-5-3-9-17(19)18-10-4-6-12-20(18)21/h3-6,9-12,21,25H,2,7-8,13-16H2,1H3. The molecule has 0 aromatic heterocycles. The fourth-order valence-electron chi connectivity index (χ4n) is 4.69. The smallest absolute Gasteiger partial charge is 0.410 e. The summed E-state index contributed by atoms with van der Waals surface area (Å²) >= 11 is 0. The molecule has 4 heteroatoms. The summed E-state index contributed by atoms with van der Waals surface area (Å²) in [5.74, 6) is 0.0613. The molecule has 1 saturated carbocycles. The van der Waals surface area contributed by atoms with E-state index in [0.29, 0.717) is 6.61 Å². The van der Waals surface area contributed by atoms with Gasteiger partial charge in [0.25, 0.3) is 0 Å². The molecule has 1 amide bonds. The lowest BCUT2D eigenvalue weighted by Gasteiger charge is -2.42. The van der Waals surface area contributed by atoms with Crippen molar-refractivity contribution in [2.45, 2.75) is 43.6 Å². The lowest BCUT2D eigenvalue weighted by molar-refractivity contribution is 0.00985. The van der Waals surface area contributed by atoms with Crippen molar-refractivity contribution in [3.63, 3.8) is 0 Å². The topological polar surface area (TPSA) is 49.8 Å². The number of benzene rings is 2. The van der Waals surface area contributed by atoms with E-state index in [9.17, 15) is 9.90 Å². The van der Waals surface area contributed by atoms with Crippen LogP contribution in [0.2, 0.25) is 0 Å². The van der Waals surface area contributed by atoms with Crippen LogP contribution < -0.4 is 0 Å². The zero-order chi connectivity index (χ0) is 18.9. The van der Waals surface area contributed by atoms with Crippen LogP contribution in [-0.4, -0.2) is 41.9 Å². The molecule has 142 valence electrons. The SMILES string of the molecule is CN(C(=O)OCC1c2ccccc2-c2ccccc21)C1(CO)CCCCC1. The summed E-state index contributed by atoms with van der Waals surface area (Å²) in [6.07, 6.45) is 4.59. The first-order valence-electron chi connectivity index (χ1n) is 9.86. The number of ether oxygens (including phenoxy) is 1. The molecule has 0 bridgehead atoms. The molecule has 2 aromatic rings. The van der Waals surface area contributed by atoms with E-state index in [4.69, 9.17) is 4.74 Å². The number of hydrogen-bond acceptors (Lipinski definition) is 3. The minimum atomic E-state index is -0.471. The van der Waals surface area contributed by atoms with Gasteiger partial charge in [0.05, 0.1) is 12.1 Å². The van der Waals surface area contributed by atoms with E-state index in [0.717, 1.165) is 25.7 Å². The van der Waals surface area contributed by atoms with Gasteiger partial charge in [0.15, 0.2) is 0 Å². The Labute approximate surface area is 160 Å². The van der Waals surface area contributed by atoms with Gasteiger partial charge in [-0.05, 0) is 35.1 Å². The number of aliphatic hydroxyl groups is 1. The summed E-state index contributed by atoms with van der Waals surface area (Å²) in [4.78, 5) is 14.4. The first-order valence-corrected chi connectivity index (χ1v) is 9.86. The summed E-state index contributed by atoms with van der Waals surface area (Å²) < 4.78 is 5.76. The molecule has 0 saturated heterocycles. The third-order valence-corrected chi connectivity index (χ3v) is 6.40. The van der Waals surface area contributed by atoms with Gasteiger partial charge in [-0.3, -0.25) is 0 Å². The maximum absolute atomic E-state index is 12.8. The summed E-state index contributed by atoms with van der Waals surface area (Å²) in [7, 11) is 1.76. The molecule has 0 aliphatic heterocycles. The Hall–Kier alpha value is -2.33. The Bertz CT molecular complexity index is 780. The lowest BCUT2D eigenvalue weighted by atomic mass is 9.81. The number of aliphatic hydroxyl groups excluding tert-OH is 1. The van der Waals surface area contributed by atoms with Crippen molar-refractivity contribution < 1.29 is 14.6 Å². The van der Waals surface area contributed by atoms with Crippen molar-refractivity contribution in [2.24, 2.45) is 0 Å². The van der Waals surface area contributed by atoms with Gasteiger partial charge < -0.3 is 14.7 Å². The molecule has 0 radical (unpaired) electrons. The Balaban J connectivity index is 1.51. The molecule has 1 fully saturated rings. The quantitative estimate of drug-likeness (QED) is 0.864. The highest BCUT2D eigenvalue weighted by molar-refractivity contribution is 5.79. The van der Waals surface area contributed by atoms with Gasteiger partial charge in [-0.25, -0.2) is 4.79 Å². The molecule has 4 rings (SSSR count). The number of likely N-dealkylation sites (N-methyl/N-ethyl adjacent to an activating group) is 1. The molecule has 2 aliphatic carbocycles. The fourth-order valence-corrected chi connectivity index (χ4v) is 4.69. The number of carbonyl (C=O) groups excluding carboxylic acids is 1. The number of fused-ring (bicyclic) bond motifs is 3. The second kappa shape index (κ2) is 7.35. The fraction of sp³-hybridized carbons (Fsp3) is 0.435. The summed E-state index contributed by atoms with van der Waals surface area (Å²) in [6, 6.07) is 16.7. The van der Waals surface area contributed by atoms with Crippen LogP contribution in [0.5, 0.6) is 0 Å². The average Bonchev–Trinajstić information content (AvgIpc) is 3.06. The summed E-state index contributed by atoms with van der Waals surface area (Å²) in [5.41, 5.74) is 4.40. The first kappa shape index (κ1) is 18.1. The molecular weight excluding hydrogens is 338 g/mol. The van der Waals surface area contributed by atoms with Crippen LogP contribution in [0.4, 0.5) is 4.79 Å². The molecule has 4 nitrogen and oxygen atoms in total. The number of carbonyl (C=O) groups is 1. The van der Waals surface area contributed by atoms with Gasteiger partial charge in [0.2, 0.25) is 0 Å². The minimum absolute atomic E-state index is 0.00625. The van der Waals surface area contributed by atoms with Crippen LogP contribution in [0.15, 0.2) is 48.5 Å². The van der Waals surface area contributed by atoms with E-state index in [1.807, 2.05) is 24.3 Å². The average molecular weight is 365 g/mol. The molecule has 27 heavy (non-hydrogen) atoms. The third kappa shape index (κ3) is 3.12. The van der Waals surface area contributed by atoms with Crippen LogP contribution in [0.3, 0.4) is 0 Å². The van der Waals surface area contributed by atoms with E-state index in [1.54, 1.807) is 11.9 Å². The zero-order valence-corrected chi connectivity index (χ0v) is 15.9. The Morgan fingerprint density at radius 2 is 1.59 bits per heavy atom. The van der Waals surface area contributed by atoms with Crippen molar-refractivity contribution in [3.8, 4) is 11.1 Å². The lowest BCUT2D eigenvalue weighted by Crippen LogP contribution is -2.53. The molecular formula is C23H27NO3. The van der Waals surface area contributed by atoms with Crippen LogP contribution in [0.1, 0.15) is 49.1 Å². The molecule has 0 heterocycles. The molecule has 2 aromatic carbocycles. The summed E-state index contributed by atoms with van der Waals surface area (Å²) in [6.45, 7) is 0.312. The van der Waals surface area contributed by atoms with Crippen LogP contribution >= 0.6 is 0 Å². The van der Waals surface area contributed by atoms with Gasteiger partial charge in [-0.1, -0.05) is 67.8 Å². The van der Waals surface area contributed by atoms with Crippen LogP contribution in [0, 0.1) is 0 Å². The molecule has 0 atom stereocenters. The Morgan fingerprint density at radius 3 is 2.15 bits per heavy atom. The predicted octanol–water partition coefficient (Wildman–Crippen LogP) is 4.56. The Kier molecular flexibility index (Phi) is 4.92. The highest BCUT2D eigenvalue weighted by Gasteiger charge is 2.39. The zero-order valence-electron chi connectivity index (χ0n) is 15.9. The predicted molar refractivity (Wildman–Crippen MR) is 106 cm³/mol. The monoisotopic (exact) mass is 365 g/mol.